The van der Waals surface area contributed by atoms with Crippen LogP contribution in [0.5, 0.6) is 0 Å². The molecule has 0 aromatic carbocycles. The Kier molecular flexibility index (Phi) is 4.51. The van der Waals surface area contributed by atoms with Crippen LogP contribution >= 0.6 is 11.3 Å². The Morgan fingerprint density at radius 2 is 2.06 bits per heavy atom. The van der Waals surface area contributed by atoms with E-state index < -0.39 is 11.4 Å². The molecule has 18 heavy (non-hydrogen) atoms. The van der Waals surface area contributed by atoms with Gasteiger partial charge in [0, 0.05) is 16.3 Å². The number of aliphatic carboxylic acids is 1. The second-order valence-corrected chi connectivity index (χ2v) is 6.19. The van der Waals surface area contributed by atoms with Gasteiger partial charge in [-0.05, 0) is 33.3 Å². The summed E-state index contributed by atoms with van der Waals surface area (Å²) in [5.74, 6) is -1.08. The zero-order chi connectivity index (χ0) is 13.9. The van der Waals surface area contributed by atoms with E-state index in [9.17, 15) is 9.59 Å². The number of carboxylic acid groups (broad SMARTS) is 1. The first-order valence-corrected chi connectivity index (χ1v) is 6.70. The molecular weight excluding hydrogens is 250 g/mol. The van der Waals surface area contributed by atoms with Crippen LogP contribution in [0.4, 0.5) is 0 Å². The lowest BCUT2D eigenvalue weighted by atomic mass is 9.87. The molecule has 1 atom stereocenters. The third-order valence-corrected chi connectivity index (χ3v) is 4.19. The first-order chi connectivity index (χ1) is 8.30. The Balaban J connectivity index is 2.72. The minimum absolute atomic E-state index is 0.145. The van der Waals surface area contributed by atoms with Gasteiger partial charge in [0.15, 0.2) is 0 Å². The van der Waals surface area contributed by atoms with Gasteiger partial charge in [-0.3, -0.25) is 9.59 Å². The van der Waals surface area contributed by atoms with Crippen molar-refractivity contribution in [3.8, 4) is 0 Å². The molecule has 4 nitrogen and oxygen atoms in total. The molecule has 1 aromatic rings. The van der Waals surface area contributed by atoms with Crippen LogP contribution in [0.15, 0.2) is 6.07 Å². The van der Waals surface area contributed by atoms with Crippen LogP contribution in [0.25, 0.3) is 0 Å². The van der Waals surface area contributed by atoms with Gasteiger partial charge in [0.05, 0.1) is 11.0 Å². The molecule has 0 saturated heterocycles. The summed E-state index contributed by atoms with van der Waals surface area (Å²) < 4.78 is 0. The number of carboxylic acids is 1. The monoisotopic (exact) mass is 269 g/mol. The predicted octanol–water partition coefficient (Wildman–Crippen LogP) is 2.60. The lowest BCUT2D eigenvalue weighted by Gasteiger charge is -2.23. The minimum Gasteiger partial charge on any atom is -0.481 e. The summed E-state index contributed by atoms with van der Waals surface area (Å²) in [4.78, 5) is 25.1. The topological polar surface area (TPSA) is 66.4 Å². The van der Waals surface area contributed by atoms with Crippen molar-refractivity contribution >= 4 is 23.2 Å². The first kappa shape index (κ1) is 14.7. The van der Waals surface area contributed by atoms with Crippen molar-refractivity contribution in [2.45, 2.75) is 34.1 Å². The summed E-state index contributed by atoms with van der Waals surface area (Å²) in [6, 6.07) is 1.83. The van der Waals surface area contributed by atoms with Gasteiger partial charge in [-0.25, -0.2) is 0 Å². The number of amides is 1. The summed E-state index contributed by atoms with van der Waals surface area (Å²) in [5, 5.41) is 11.8. The van der Waals surface area contributed by atoms with E-state index in [1.54, 1.807) is 25.2 Å². The second kappa shape index (κ2) is 5.52. The molecule has 0 aliphatic heterocycles. The van der Waals surface area contributed by atoms with E-state index in [0.29, 0.717) is 12.0 Å². The third-order valence-electron chi connectivity index (χ3n) is 3.22. The summed E-state index contributed by atoms with van der Waals surface area (Å²) >= 11 is 1.57. The van der Waals surface area contributed by atoms with Gasteiger partial charge in [0.2, 0.25) is 0 Å². The van der Waals surface area contributed by atoms with E-state index in [-0.39, 0.29) is 12.5 Å². The summed E-state index contributed by atoms with van der Waals surface area (Å²) in [6.07, 6.45) is 0.476. The fraction of sp³-hybridized carbons (Fsp3) is 0.538. The highest BCUT2D eigenvalue weighted by atomic mass is 32.1. The number of aryl methyl sites for hydroxylation is 2. The number of carbonyl (C=O) groups excluding carboxylic acids is 1. The van der Waals surface area contributed by atoms with E-state index in [2.05, 4.69) is 5.32 Å². The number of hydrogen-bond donors (Lipinski definition) is 2. The van der Waals surface area contributed by atoms with Crippen molar-refractivity contribution in [1.29, 1.82) is 0 Å². The highest BCUT2D eigenvalue weighted by molar-refractivity contribution is 7.12. The fourth-order valence-corrected chi connectivity index (χ4v) is 2.50. The van der Waals surface area contributed by atoms with Gasteiger partial charge >= 0.3 is 5.97 Å². The molecule has 1 amide bonds. The Morgan fingerprint density at radius 1 is 1.44 bits per heavy atom. The SMILES string of the molecule is CCC(C)(CNC(=O)c1cc(C)sc1C)C(=O)O. The average Bonchev–Trinajstić information content (AvgIpc) is 2.64. The number of carbonyl (C=O) groups is 2. The van der Waals surface area contributed by atoms with Crippen molar-refractivity contribution in [2.24, 2.45) is 5.41 Å². The molecular formula is C13H19NO3S. The van der Waals surface area contributed by atoms with Crippen molar-refractivity contribution in [1.82, 2.24) is 5.32 Å². The maximum atomic E-state index is 12.0. The molecule has 1 aromatic heterocycles. The van der Waals surface area contributed by atoms with Crippen molar-refractivity contribution < 1.29 is 14.7 Å². The van der Waals surface area contributed by atoms with Gasteiger partial charge in [-0.2, -0.15) is 0 Å². The molecule has 0 bridgehead atoms. The average molecular weight is 269 g/mol. The van der Waals surface area contributed by atoms with Gasteiger partial charge in [-0.15, -0.1) is 11.3 Å². The van der Waals surface area contributed by atoms with Crippen molar-refractivity contribution in [3.05, 3.63) is 21.4 Å². The quantitative estimate of drug-likeness (QED) is 0.863. The minimum atomic E-state index is -0.908. The van der Waals surface area contributed by atoms with Crippen LogP contribution in [-0.4, -0.2) is 23.5 Å². The third kappa shape index (κ3) is 3.10. The zero-order valence-corrected chi connectivity index (χ0v) is 12.0. The van der Waals surface area contributed by atoms with E-state index in [4.69, 9.17) is 5.11 Å². The van der Waals surface area contributed by atoms with Gasteiger partial charge in [0.25, 0.3) is 5.91 Å². The van der Waals surface area contributed by atoms with Crippen molar-refractivity contribution in [2.75, 3.05) is 6.54 Å². The van der Waals surface area contributed by atoms with Crippen LogP contribution < -0.4 is 5.32 Å². The van der Waals surface area contributed by atoms with E-state index in [1.165, 1.54) is 0 Å². The Labute approximate surface area is 111 Å². The van der Waals surface area contributed by atoms with Crippen LogP contribution in [0.1, 0.15) is 40.4 Å². The zero-order valence-electron chi connectivity index (χ0n) is 11.2. The molecule has 0 saturated carbocycles. The summed E-state index contributed by atoms with van der Waals surface area (Å²) in [7, 11) is 0. The Bertz CT molecular complexity index is 467. The number of nitrogens with one attached hydrogen (secondary N) is 1. The highest BCUT2D eigenvalue weighted by Crippen LogP contribution is 2.22. The largest absolute Gasteiger partial charge is 0.481 e. The maximum absolute atomic E-state index is 12.0. The number of thiophene rings is 1. The number of rotatable bonds is 5. The van der Waals surface area contributed by atoms with E-state index in [1.807, 2.05) is 19.9 Å². The fourth-order valence-electron chi connectivity index (χ4n) is 1.58. The predicted molar refractivity (Wildman–Crippen MR) is 72.2 cm³/mol. The molecule has 0 spiro atoms. The second-order valence-electron chi connectivity index (χ2n) is 4.73. The molecule has 100 valence electrons. The van der Waals surface area contributed by atoms with Gasteiger partial charge < -0.3 is 10.4 Å². The molecule has 2 N–H and O–H groups in total. The van der Waals surface area contributed by atoms with Gasteiger partial charge in [-0.1, -0.05) is 6.92 Å². The standard InChI is InChI=1S/C13H19NO3S/c1-5-13(4,12(16)17)7-14-11(15)10-6-8(2)18-9(10)3/h6H,5,7H2,1-4H3,(H,14,15)(H,16,17). The highest BCUT2D eigenvalue weighted by Gasteiger charge is 2.31. The normalized spacial score (nSPS) is 14.0. The number of hydrogen-bond acceptors (Lipinski definition) is 3. The molecule has 1 rings (SSSR count). The maximum Gasteiger partial charge on any atom is 0.311 e. The lowest BCUT2D eigenvalue weighted by Crippen LogP contribution is -2.40. The molecule has 0 radical (unpaired) electrons. The van der Waals surface area contributed by atoms with E-state index >= 15 is 0 Å². The molecule has 0 aliphatic carbocycles. The molecule has 1 heterocycles. The Hall–Kier alpha value is -1.36. The van der Waals surface area contributed by atoms with Crippen molar-refractivity contribution in [3.63, 3.8) is 0 Å². The smallest absolute Gasteiger partial charge is 0.311 e. The van der Waals surface area contributed by atoms with Crippen LogP contribution in [0, 0.1) is 19.3 Å². The Morgan fingerprint density at radius 3 is 2.44 bits per heavy atom. The van der Waals surface area contributed by atoms with Crippen LogP contribution in [0.3, 0.4) is 0 Å². The first-order valence-electron chi connectivity index (χ1n) is 5.89. The summed E-state index contributed by atoms with van der Waals surface area (Å²) in [6.45, 7) is 7.43. The van der Waals surface area contributed by atoms with Gasteiger partial charge in [0.1, 0.15) is 0 Å². The molecule has 1 unspecified atom stereocenters. The van der Waals surface area contributed by atoms with Crippen LogP contribution in [0.2, 0.25) is 0 Å². The summed E-state index contributed by atoms with van der Waals surface area (Å²) in [5.41, 5.74) is -0.268. The molecule has 0 fully saturated rings. The molecule has 0 aliphatic rings. The van der Waals surface area contributed by atoms with E-state index in [0.717, 1.165) is 9.75 Å². The lowest BCUT2D eigenvalue weighted by molar-refractivity contribution is -0.147. The molecule has 5 heteroatoms. The van der Waals surface area contributed by atoms with Crippen LogP contribution in [-0.2, 0) is 4.79 Å².